The Morgan fingerprint density at radius 2 is 2.12 bits per heavy atom. The van der Waals surface area contributed by atoms with Crippen molar-refractivity contribution in [2.24, 2.45) is 5.92 Å². The lowest BCUT2D eigenvalue weighted by atomic mass is 10.0. The van der Waals surface area contributed by atoms with Gasteiger partial charge in [0.25, 0.3) is 5.56 Å². The number of rotatable bonds is 8. The predicted molar refractivity (Wildman–Crippen MR) is 136 cm³/mol. The summed E-state index contributed by atoms with van der Waals surface area (Å²) in [7, 11) is 0. The quantitative estimate of drug-likeness (QED) is 0.492. The molecule has 0 amide bonds. The van der Waals surface area contributed by atoms with Gasteiger partial charge in [0.05, 0.1) is 11.7 Å². The molecule has 180 valence electrons. The molecule has 1 atom stereocenters. The summed E-state index contributed by atoms with van der Waals surface area (Å²) in [5.74, 6) is 1.89. The Labute approximate surface area is 203 Å². The maximum absolute atomic E-state index is 12.8. The van der Waals surface area contributed by atoms with Gasteiger partial charge in [0.2, 0.25) is 5.95 Å². The normalized spacial score (nSPS) is 16.0. The largest absolute Gasteiger partial charge is 0.480 e. The first kappa shape index (κ1) is 24.0. The summed E-state index contributed by atoms with van der Waals surface area (Å²) in [6.45, 7) is 8.13. The first-order valence-electron chi connectivity index (χ1n) is 11.8. The molecule has 1 aromatic carbocycles. The molecule has 34 heavy (non-hydrogen) atoms. The zero-order valence-electron chi connectivity index (χ0n) is 19.8. The molecule has 9 heteroatoms. The molecule has 1 aliphatic heterocycles. The molecule has 2 aromatic heterocycles. The molecule has 1 fully saturated rings. The number of aryl methyl sites for hydroxylation is 1. The second-order valence-corrected chi connectivity index (χ2v) is 9.10. The van der Waals surface area contributed by atoms with Gasteiger partial charge in [0, 0.05) is 37.1 Å². The third-order valence-electron chi connectivity index (χ3n) is 6.09. The van der Waals surface area contributed by atoms with Crippen molar-refractivity contribution < 1.29 is 9.53 Å². The second-order valence-electron chi connectivity index (χ2n) is 8.70. The van der Waals surface area contributed by atoms with Gasteiger partial charge in [-0.25, -0.2) is 4.98 Å². The molecule has 0 unspecified atom stereocenters. The number of hydrogen-bond donors (Lipinski definition) is 1. The van der Waals surface area contributed by atoms with E-state index in [0.29, 0.717) is 35.7 Å². The van der Waals surface area contributed by atoms with Gasteiger partial charge in [-0.3, -0.25) is 9.59 Å². The van der Waals surface area contributed by atoms with Crippen LogP contribution in [0.2, 0.25) is 5.02 Å². The second kappa shape index (κ2) is 10.4. The van der Waals surface area contributed by atoms with Crippen LogP contribution in [0.15, 0.2) is 35.3 Å². The fourth-order valence-corrected chi connectivity index (χ4v) is 4.36. The van der Waals surface area contributed by atoms with Crippen molar-refractivity contribution in [1.29, 1.82) is 0 Å². The van der Waals surface area contributed by atoms with E-state index in [2.05, 4.69) is 27.1 Å². The van der Waals surface area contributed by atoms with Crippen LogP contribution in [0.3, 0.4) is 0 Å². The van der Waals surface area contributed by atoms with Gasteiger partial charge in [-0.2, -0.15) is 4.98 Å². The number of Topliss-reactive ketones (excluding diaryl/α,β-unsaturated/α-hetero) is 1. The molecule has 1 aliphatic rings. The van der Waals surface area contributed by atoms with E-state index in [1.807, 2.05) is 25.1 Å². The number of carbonyl (C=O) groups is 1. The Hall–Kier alpha value is -3.13. The minimum absolute atomic E-state index is 0.0599. The summed E-state index contributed by atoms with van der Waals surface area (Å²) in [4.78, 5) is 35.8. The number of hydrogen-bond acceptors (Lipinski definition) is 7. The Morgan fingerprint density at radius 3 is 2.85 bits per heavy atom. The minimum Gasteiger partial charge on any atom is -0.480 e. The number of fused-ring (bicyclic) bond motifs is 1. The first-order chi connectivity index (χ1) is 16.4. The van der Waals surface area contributed by atoms with Crippen molar-refractivity contribution in [3.05, 3.63) is 45.8 Å². The van der Waals surface area contributed by atoms with Crippen molar-refractivity contribution in [1.82, 2.24) is 14.5 Å². The van der Waals surface area contributed by atoms with Crippen LogP contribution in [0.4, 0.5) is 17.5 Å². The molecular weight excluding hydrogens is 454 g/mol. The summed E-state index contributed by atoms with van der Waals surface area (Å²) >= 11 is 6.41. The van der Waals surface area contributed by atoms with Crippen molar-refractivity contribution >= 4 is 45.7 Å². The van der Waals surface area contributed by atoms with Crippen molar-refractivity contribution in [3.63, 3.8) is 0 Å². The number of anilines is 3. The zero-order chi connectivity index (χ0) is 24.2. The molecular formula is C25H30ClN5O3. The fraction of sp³-hybridized carbons (Fsp3) is 0.440. The highest BCUT2D eigenvalue weighted by Crippen LogP contribution is 2.29. The van der Waals surface area contributed by atoms with Gasteiger partial charge >= 0.3 is 0 Å². The molecule has 3 heterocycles. The maximum Gasteiger partial charge on any atom is 0.293 e. The fourth-order valence-electron chi connectivity index (χ4n) is 4.22. The lowest BCUT2D eigenvalue weighted by Gasteiger charge is -2.31. The summed E-state index contributed by atoms with van der Waals surface area (Å²) in [5.41, 5.74) is 1.30. The maximum atomic E-state index is 12.8. The highest BCUT2D eigenvalue weighted by molar-refractivity contribution is 6.32. The Balaban J connectivity index is 1.65. The predicted octanol–water partition coefficient (Wildman–Crippen LogP) is 4.80. The number of pyridine rings is 1. The Morgan fingerprint density at radius 1 is 1.29 bits per heavy atom. The van der Waals surface area contributed by atoms with Crippen LogP contribution in [-0.4, -0.2) is 40.0 Å². The SMILES string of the molecule is CCC(=O)COc1cc2cc(Nc3nc(N4CCC[C@H](C)C4)ncc3Cl)ccc2n(CC)c1=O. The number of benzene rings is 1. The molecule has 1 saturated heterocycles. The molecule has 0 radical (unpaired) electrons. The zero-order valence-corrected chi connectivity index (χ0v) is 20.6. The molecule has 0 saturated carbocycles. The average Bonchev–Trinajstić information content (AvgIpc) is 2.84. The van der Waals surface area contributed by atoms with E-state index < -0.39 is 0 Å². The highest BCUT2D eigenvalue weighted by Gasteiger charge is 2.20. The molecule has 3 aromatic rings. The van der Waals surface area contributed by atoms with Gasteiger partial charge in [0.15, 0.2) is 17.4 Å². The number of nitrogens with zero attached hydrogens (tertiary/aromatic N) is 4. The third-order valence-corrected chi connectivity index (χ3v) is 6.37. The van der Waals surface area contributed by atoms with E-state index in [-0.39, 0.29) is 23.7 Å². The number of ketones is 1. The van der Waals surface area contributed by atoms with Gasteiger partial charge in [-0.05, 0) is 49.9 Å². The van der Waals surface area contributed by atoms with Gasteiger partial charge in [0.1, 0.15) is 11.6 Å². The van der Waals surface area contributed by atoms with Crippen LogP contribution < -0.4 is 20.5 Å². The van der Waals surface area contributed by atoms with E-state index in [1.54, 1.807) is 23.8 Å². The van der Waals surface area contributed by atoms with Crippen LogP contribution in [0.1, 0.15) is 40.0 Å². The van der Waals surface area contributed by atoms with Crippen LogP contribution in [0.5, 0.6) is 5.75 Å². The first-order valence-corrected chi connectivity index (χ1v) is 12.1. The molecule has 4 rings (SSSR count). The van der Waals surface area contributed by atoms with Gasteiger partial charge < -0.3 is 19.5 Å². The Kier molecular flexibility index (Phi) is 7.36. The third kappa shape index (κ3) is 5.17. The minimum atomic E-state index is -0.251. The van der Waals surface area contributed by atoms with Crippen molar-refractivity contribution in [2.45, 2.75) is 46.6 Å². The van der Waals surface area contributed by atoms with E-state index in [4.69, 9.17) is 16.3 Å². The van der Waals surface area contributed by atoms with Gasteiger partial charge in [-0.1, -0.05) is 25.4 Å². The number of aromatic nitrogens is 3. The molecule has 0 spiro atoms. The molecule has 1 N–H and O–H groups in total. The lowest BCUT2D eigenvalue weighted by molar-refractivity contribution is -0.120. The van der Waals surface area contributed by atoms with E-state index >= 15 is 0 Å². The smallest absolute Gasteiger partial charge is 0.293 e. The monoisotopic (exact) mass is 483 g/mol. The van der Waals surface area contributed by atoms with Crippen molar-refractivity contribution in [3.8, 4) is 5.75 Å². The van der Waals surface area contributed by atoms with Crippen LogP contribution in [-0.2, 0) is 11.3 Å². The lowest BCUT2D eigenvalue weighted by Crippen LogP contribution is -2.35. The molecule has 0 aliphatic carbocycles. The van der Waals surface area contributed by atoms with Gasteiger partial charge in [-0.15, -0.1) is 0 Å². The number of ether oxygens (including phenoxy) is 1. The highest BCUT2D eigenvalue weighted by atomic mass is 35.5. The number of carbonyl (C=O) groups excluding carboxylic acids is 1. The summed E-state index contributed by atoms with van der Waals surface area (Å²) in [6.07, 6.45) is 4.32. The number of piperidine rings is 1. The summed E-state index contributed by atoms with van der Waals surface area (Å²) in [6, 6.07) is 7.36. The summed E-state index contributed by atoms with van der Waals surface area (Å²) in [5, 5.41) is 4.53. The molecule has 8 nitrogen and oxygen atoms in total. The van der Waals surface area contributed by atoms with E-state index in [1.165, 1.54) is 6.42 Å². The van der Waals surface area contributed by atoms with Crippen molar-refractivity contribution in [2.75, 3.05) is 29.9 Å². The standard InChI is InChI=1S/C25H30ClN5O3/c1-4-19(32)15-34-22-12-17-11-18(8-9-21(17)31(5-2)24(22)33)28-23-20(26)13-27-25(29-23)30-10-6-7-16(3)14-30/h8-9,11-13,16H,4-7,10,14-15H2,1-3H3,(H,27,28,29)/t16-/m0/s1. The van der Waals surface area contributed by atoms with E-state index in [9.17, 15) is 9.59 Å². The average molecular weight is 484 g/mol. The summed E-state index contributed by atoms with van der Waals surface area (Å²) < 4.78 is 7.20. The van der Waals surface area contributed by atoms with Crippen LogP contribution in [0.25, 0.3) is 10.9 Å². The molecule has 0 bridgehead atoms. The number of nitrogens with one attached hydrogen (secondary N) is 1. The Bertz CT molecular complexity index is 1260. The van der Waals surface area contributed by atoms with Crippen LogP contribution >= 0.6 is 11.6 Å². The van der Waals surface area contributed by atoms with Crippen LogP contribution in [0, 0.1) is 5.92 Å². The number of halogens is 1. The topological polar surface area (TPSA) is 89.3 Å². The van der Waals surface area contributed by atoms with E-state index in [0.717, 1.165) is 36.1 Å².